The number of carbonyl (C=O) groups excluding carboxylic acids is 1. The third-order valence-corrected chi connectivity index (χ3v) is 8.00. The van der Waals surface area contributed by atoms with Crippen LogP contribution in [0.25, 0.3) is 11.0 Å². The third kappa shape index (κ3) is 10.8. The lowest BCUT2D eigenvalue weighted by atomic mass is 10.2. The van der Waals surface area contributed by atoms with E-state index in [0.717, 1.165) is 18.2 Å². The minimum atomic E-state index is -3.41. The number of alkyl carbamates (subject to hydrolysis) is 1. The predicted molar refractivity (Wildman–Crippen MR) is 169 cm³/mol. The molecule has 0 radical (unpaired) electrons. The van der Waals surface area contributed by atoms with Gasteiger partial charge in [0.25, 0.3) is 5.92 Å². The van der Waals surface area contributed by atoms with Crippen molar-refractivity contribution in [3.63, 3.8) is 0 Å². The van der Waals surface area contributed by atoms with Gasteiger partial charge in [-0.15, -0.1) is 0 Å². The molecular formula is C28H36ClF4N5O4SSi. The summed E-state index contributed by atoms with van der Waals surface area (Å²) in [6.07, 6.45) is 2.02. The summed E-state index contributed by atoms with van der Waals surface area (Å²) >= 11 is 11.4. The number of hydrogen-bond acceptors (Lipinski definition) is 6. The number of halogens is 5. The number of aromatic nitrogens is 2. The number of pyridine rings is 1. The maximum atomic E-state index is 15.0. The molecule has 3 N–H and O–H groups in total. The predicted octanol–water partition coefficient (Wildman–Crippen LogP) is 7.52. The fraction of sp³-hybridized carbons (Fsp3) is 0.464. The van der Waals surface area contributed by atoms with Gasteiger partial charge in [-0.25, -0.2) is 27.3 Å². The smallest absolute Gasteiger partial charge is 0.407 e. The second-order valence-corrected chi connectivity index (χ2v) is 18.6. The summed E-state index contributed by atoms with van der Waals surface area (Å²) in [6.45, 7) is 10.3. The molecule has 2 aromatic heterocycles. The molecule has 1 aromatic carbocycles. The van der Waals surface area contributed by atoms with Crippen molar-refractivity contribution in [3.8, 4) is 11.5 Å². The van der Waals surface area contributed by atoms with Crippen molar-refractivity contribution in [2.24, 2.45) is 0 Å². The molecule has 0 aliphatic rings. The highest BCUT2D eigenvalue weighted by Crippen LogP contribution is 2.37. The fourth-order valence-corrected chi connectivity index (χ4v) is 4.91. The van der Waals surface area contributed by atoms with Gasteiger partial charge in [-0.2, -0.15) is 0 Å². The van der Waals surface area contributed by atoms with Crippen LogP contribution >= 0.6 is 23.8 Å². The van der Waals surface area contributed by atoms with E-state index in [4.69, 9.17) is 38.0 Å². The standard InChI is InChI=1S/C28H36ClF4N5O4SSi/c1-27(2,3)42-26(39)36-15-28(32,33)14-35-25(43)37-17-11-19(30)23(20(31)12-17)41-21-7-8-34-24-22(21)18(29)13-38(24)16-40-9-10-44(4,5)6/h7-8,11-13H,9-10,14-16H2,1-6H3,(H,36,39)(H2,35,37,43). The normalized spacial score (nSPS) is 12.2. The van der Waals surface area contributed by atoms with Crippen molar-refractivity contribution in [2.75, 3.05) is 25.0 Å². The molecule has 0 fully saturated rings. The number of carbonyl (C=O) groups is 1. The van der Waals surface area contributed by atoms with Crippen molar-refractivity contribution >= 4 is 59.8 Å². The van der Waals surface area contributed by atoms with Crippen LogP contribution in [0.1, 0.15) is 20.8 Å². The molecule has 242 valence electrons. The van der Waals surface area contributed by atoms with E-state index < -0.39 is 56.2 Å². The Bertz CT molecular complexity index is 1470. The molecular weight excluding hydrogens is 642 g/mol. The molecule has 0 unspecified atom stereocenters. The molecule has 0 aliphatic carbocycles. The highest BCUT2D eigenvalue weighted by molar-refractivity contribution is 7.80. The zero-order chi connectivity index (χ0) is 32.9. The monoisotopic (exact) mass is 677 g/mol. The van der Waals surface area contributed by atoms with E-state index in [-0.39, 0.29) is 28.3 Å². The largest absolute Gasteiger partial charge is 0.450 e. The number of nitrogens with zero attached hydrogens (tertiary/aromatic N) is 2. The van der Waals surface area contributed by atoms with E-state index in [1.54, 1.807) is 31.5 Å². The molecule has 2 heterocycles. The van der Waals surface area contributed by atoms with Crippen LogP contribution in [0, 0.1) is 11.6 Å². The SMILES string of the molecule is CC(C)(C)OC(=O)NCC(F)(F)CNC(=S)Nc1cc(F)c(Oc2ccnc3c2c(Cl)cn3COCC[Si](C)(C)C)c(F)c1. The molecule has 9 nitrogen and oxygen atoms in total. The van der Waals surface area contributed by atoms with Crippen molar-refractivity contribution in [2.45, 2.75) is 64.7 Å². The second-order valence-electron chi connectivity index (χ2n) is 12.2. The number of fused-ring (bicyclic) bond motifs is 1. The van der Waals surface area contributed by atoms with Crippen LogP contribution in [0.5, 0.6) is 11.5 Å². The van der Waals surface area contributed by atoms with Crippen molar-refractivity contribution in [1.82, 2.24) is 20.2 Å². The lowest BCUT2D eigenvalue weighted by Gasteiger charge is -2.22. The van der Waals surface area contributed by atoms with Gasteiger partial charge in [0, 0.05) is 44.9 Å². The Morgan fingerprint density at radius 3 is 2.36 bits per heavy atom. The molecule has 1 amide bonds. The van der Waals surface area contributed by atoms with Gasteiger partial charge in [0.05, 0.1) is 23.5 Å². The van der Waals surface area contributed by atoms with Gasteiger partial charge in [-0.05, 0) is 45.1 Å². The van der Waals surface area contributed by atoms with Crippen molar-refractivity contribution in [3.05, 3.63) is 47.2 Å². The molecule has 0 aliphatic heterocycles. The lowest BCUT2D eigenvalue weighted by molar-refractivity contribution is 0.0000336. The average Bonchev–Trinajstić information content (AvgIpc) is 3.21. The first-order valence-corrected chi connectivity index (χ1v) is 18.1. The third-order valence-electron chi connectivity index (χ3n) is 5.77. The second kappa shape index (κ2) is 14.3. The Labute approximate surface area is 264 Å². The summed E-state index contributed by atoms with van der Waals surface area (Å²) in [6, 6.07) is 4.19. The topological polar surface area (TPSA) is 98.7 Å². The summed E-state index contributed by atoms with van der Waals surface area (Å²) in [4.78, 5) is 15.9. The number of benzene rings is 1. The summed E-state index contributed by atoms with van der Waals surface area (Å²) in [5.74, 6) is -6.22. The highest BCUT2D eigenvalue weighted by atomic mass is 35.5. The molecule has 0 atom stereocenters. The number of rotatable bonds is 12. The van der Waals surface area contributed by atoms with Gasteiger partial charge in [-0.1, -0.05) is 31.2 Å². The van der Waals surface area contributed by atoms with Crippen LogP contribution < -0.4 is 20.7 Å². The van der Waals surface area contributed by atoms with Crippen LogP contribution in [0.4, 0.5) is 28.0 Å². The van der Waals surface area contributed by atoms with Gasteiger partial charge < -0.3 is 34.7 Å². The maximum absolute atomic E-state index is 15.0. The van der Waals surface area contributed by atoms with E-state index in [2.05, 4.69) is 35.3 Å². The fourth-order valence-electron chi connectivity index (χ4n) is 3.67. The van der Waals surface area contributed by atoms with Gasteiger partial charge in [0.15, 0.2) is 22.5 Å². The molecule has 0 saturated heterocycles. The van der Waals surface area contributed by atoms with Crippen LogP contribution in [0.3, 0.4) is 0 Å². The van der Waals surface area contributed by atoms with E-state index >= 15 is 8.78 Å². The van der Waals surface area contributed by atoms with Gasteiger partial charge >= 0.3 is 6.09 Å². The van der Waals surface area contributed by atoms with Crippen molar-refractivity contribution in [1.29, 1.82) is 0 Å². The number of hydrogen-bond donors (Lipinski definition) is 3. The number of ether oxygens (including phenoxy) is 3. The number of alkyl halides is 2. The van der Waals surface area contributed by atoms with E-state index in [9.17, 15) is 13.6 Å². The maximum Gasteiger partial charge on any atom is 0.407 e. The van der Waals surface area contributed by atoms with Gasteiger partial charge in [0.1, 0.15) is 23.7 Å². The first kappa shape index (κ1) is 35.3. The minimum Gasteiger partial charge on any atom is -0.450 e. The molecule has 3 rings (SSSR count). The number of nitrogens with one attached hydrogen (secondary N) is 3. The molecule has 0 bridgehead atoms. The first-order valence-electron chi connectivity index (χ1n) is 13.6. The Morgan fingerprint density at radius 2 is 1.75 bits per heavy atom. The number of amides is 1. The van der Waals surface area contributed by atoms with E-state index in [1.807, 2.05) is 5.32 Å². The summed E-state index contributed by atoms with van der Waals surface area (Å²) < 4.78 is 76.4. The van der Waals surface area contributed by atoms with Crippen LogP contribution in [0.2, 0.25) is 30.7 Å². The van der Waals surface area contributed by atoms with Gasteiger partial charge in [0.2, 0.25) is 0 Å². The Hall–Kier alpha value is -3.14. The average molecular weight is 678 g/mol. The van der Waals surface area contributed by atoms with Crippen LogP contribution in [-0.2, 0) is 16.2 Å². The Morgan fingerprint density at radius 1 is 1.11 bits per heavy atom. The van der Waals surface area contributed by atoms with Crippen LogP contribution in [0.15, 0.2) is 30.6 Å². The Kier molecular flexibility index (Phi) is 11.5. The zero-order valence-electron chi connectivity index (χ0n) is 25.2. The molecule has 16 heteroatoms. The molecule has 44 heavy (non-hydrogen) atoms. The minimum absolute atomic E-state index is 0.0683. The Balaban J connectivity index is 1.63. The summed E-state index contributed by atoms with van der Waals surface area (Å²) in [5, 5.41) is 6.96. The van der Waals surface area contributed by atoms with Crippen molar-refractivity contribution < 1.29 is 36.6 Å². The lowest BCUT2D eigenvalue weighted by Crippen LogP contribution is -2.46. The first-order chi connectivity index (χ1) is 20.3. The highest BCUT2D eigenvalue weighted by Gasteiger charge is 2.31. The summed E-state index contributed by atoms with van der Waals surface area (Å²) in [5.41, 5.74) is -0.589. The van der Waals surface area contributed by atoms with Gasteiger partial charge in [-0.3, -0.25) is 0 Å². The molecule has 0 saturated carbocycles. The quantitative estimate of drug-likeness (QED) is 0.0784. The van der Waals surface area contributed by atoms with E-state index in [1.165, 1.54) is 12.3 Å². The zero-order valence-corrected chi connectivity index (χ0v) is 27.8. The molecule has 0 spiro atoms. The molecule has 3 aromatic rings. The van der Waals surface area contributed by atoms with Crippen LogP contribution in [-0.4, -0.2) is 60.1 Å². The number of thiocarbonyl (C=S) groups is 1. The van der Waals surface area contributed by atoms with E-state index in [0.29, 0.717) is 17.6 Å². The number of anilines is 1. The summed E-state index contributed by atoms with van der Waals surface area (Å²) in [7, 11) is -1.27.